The Balaban J connectivity index is 1.14. The van der Waals surface area contributed by atoms with Gasteiger partial charge in [-0.05, 0) is 69.7 Å². The van der Waals surface area contributed by atoms with Crippen molar-refractivity contribution in [2.24, 2.45) is 5.92 Å². The molecule has 7 unspecified atom stereocenters. The summed E-state index contributed by atoms with van der Waals surface area (Å²) in [4.78, 5) is 10.0. The van der Waals surface area contributed by atoms with E-state index in [2.05, 4.69) is 69.9 Å². The van der Waals surface area contributed by atoms with Gasteiger partial charge in [-0.2, -0.15) is 10.2 Å². The van der Waals surface area contributed by atoms with Gasteiger partial charge in [0.05, 0.1) is 36.2 Å². The lowest BCUT2D eigenvalue weighted by molar-refractivity contribution is -0.117. The normalized spacial score (nSPS) is 34.2. The fourth-order valence-corrected chi connectivity index (χ4v) is 7.44. The molecule has 200 valence electrons. The monoisotopic (exact) mass is 507 g/mol. The van der Waals surface area contributed by atoms with Crippen molar-refractivity contribution in [1.82, 2.24) is 30.9 Å². The lowest BCUT2D eigenvalue weighted by atomic mass is 9.77. The van der Waals surface area contributed by atoms with E-state index in [1.54, 1.807) is 7.11 Å². The molecule has 0 aromatic carbocycles. The fourth-order valence-electron chi connectivity index (χ4n) is 7.44. The summed E-state index contributed by atoms with van der Waals surface area (Å²) in [6.07, 6.45) is 7.03. The SMILES string of the molecule is CCN1C2CC1CN(c1ccc(C3NNC4CC(OC)C(O[C@H](C)c5c(C)cnnc5C)CC43)cn1)C2. The van der Waals surface area contributed by atoms with Crippen LogP contribution in [-0.2, 0) is 9.47 Å². The smallest absolute Gasteiger partial charge is 0.128 e. The second-order valence-electron chi connectivity index (χ2n) is 11.4. The molecule has 1 saturated carbocycles. The number of likely N-dealkylation sites (N-methyl/N-ethyl adjacent to an activating group) is 1. The molecule has 4 aliphatic heterocycles. The molecule has 4 saturated heterocycles. The minimum atomic E-state index is -0.0733. The van der Waals surface area contributed by atoms with Gasteiger partial charge in [0.25, 0.3) is 0 Å². The minimum absolute atomic E-state index is 0.00577. The maximum Gasteiger partial charge on any atom is 0.128 e. The molecule has 9 heteroatoms. The number of piperazine rings is 1. The molecule has 5 aliphatic rings. The number of ether oxygens (including phenoxy) is 2. The zero-order valence-electron chi connectivity index (χ0n) is 22.7. The summed E-state index contributed by atoms with van der Waals surface area (Å²) in [5.41, 5.74) is 11.5. The highest BCUT2D eigenvalue weighted by Gasteiger charge is 2.47. The van der Waals surface area contributed by atoms with E-state index in [0.29, 0.717) is 24.0 Å². The van der Waals surface area contributed by atoms with Gasteiger partial charge in [0.2, 0.25) is 0 Å². The quantitative estimate of drug-likeness (QED) is 0.587. The molecular weight excluding hydrogens is 466 g/mol. The molecule has 9 nitrogen and oxygen atoms in total. The number of nitrogens with zero attached hydrogens (tertiary/aromatic N) is 5. The van der Waals surface area contributed by atoms with Crippen LogP contribution in [0.1, 0.15) is 67.6 Å². The number of piperidine rings is 1. The Hall–Kier alpha value is -2.17. The molecule has 8 atom stereocenters. The number of pyridine rings is 1. The van der Waals surface area contributed by atoms with Crippen LogP contribution < -0.4 is 15.8 Å². The lowest BCUT2D eigenvalue weighted by Crippen LogP contribution is -2.68. The summed E-state index contributed by atoms with van der Waals surface area (Å²) in [5, 5.41) is 8.34. The first-order chi connectivity index (χ1) is 18.0. The summed E-state index contributed by atoms with van der Waals surface area (Å²) in [7, 11) is 1.79. The molecule has 2 bridgehead atoms. The number of nitrogens with one attached hydrogen (secondary N) is 2. The van der Waals surface area contributed by atoms with E-state index in [0.717, 1.165) is 55.1 Å². The van der Waals surface area contributed by atoms with Gasteiger partial charge in [-0.3, -0.25) is 10.3 Å². The van der Waals surface area contributed by atoms with Crippen molar-refractivity contribution in [3.8, 4) is 0 Å². The van der Waals surface area contributed by atoms with Gasteiger partial charge >= 0.3 is 0 Å². The Bertz CT molecular complexity index is 1070. The van der Waals surface area contributed by atoms with Crippen LogP contribution in [0.4, 0.5) is 5.82 Å². The number of aromatic nitrogens is 3. The van der Waals surface area contributed by atoms with Crippen molar-refractivity contribution in [3.05, 3.63) is 46.9 Å². The number of methoxy groups -OCH3 is 1. The Kier molecular flexibility index (Phi) is 6.92. The third-order valence-corrected chi connectivity index (χ3v) is 9.30. The highest BCUT2D eigenvalue weighted by molar-refractivity contribution is 5.42. The zero-order valence-corrected chi connectivity index (χ0v) is 22.7. The molecule has 7 rings (SSSR count). The third kappa shape index (κ3) is 4.55. The minimum Gasteiger partial charge on any atom is -0.379 e. The number of hydrogen-bond donors (Lipinski definition) is 2. The topological polar surface area (TPSA) is 87.7 Å². The molecule has 0 radical (unpaired) electrons. The van der Waals surface area contributed by atoms with Gasteiger partial charge in [-0.15, -0.1) is 0 Å². The molecule has 5 fully saturated rings. The summed E-state index contributed by atoms with van der Waals surface area (Å²) < 4.78 is 12.6. The van der Waals surface area contributed by atoms with Gasteiger partial charge in [0.15, 0.2) is 0 Å². The van der Waals surface area contributed by atoms with Crippen LogP contribution in [0.3, 0.4) is 0 Å². The van der Waals surface area contributed by atoms with E-state index in [1.807, 2.05) is 13.1 Å². The van der Waals surface area contributed by atoms with Crippen molar-refractivity contribution < 1.29 is 9.47 Å². The molecular formula is C28H41N7O2. The van der Waals surface area contributed by atoms with Gasteiger partial charge in [0, 0.05) is 50.1 Å². The number of aryl methyl sites for hydroxylation is 2. The van der Waals surface area contributed by atoms with E-state index in [1.165, 1.54) is 12.0 Å². The molecule has 6 heterocycles. The third-order valence-electron chi connectivity index (χ3n) is 9.30. The van der Waals surface area contributed by atoms with Crippen LogP contribution in [0.5, 0.6) is 0 Å². The van der Waals surface area contributed by atoms with Gasteiger partial charge < -0.3 is 14.4 Å². The number of fused-ring (bicyclic) bond motifs is 3. The average Bonchev–Trinajstić information content (AvgIpc) is 3.31. The van der Waals surface area contributed by atoms with E-state index < -0.39 is 0 Å². The van der Waals surface area contributed by atoms with Crippen molar-refractivity contribution in [3.63, 3.8) is 0 Å². The lowest BCUT2D eigenvalue weighted by Gasteiger charge is -2.56. The largest absolute Gasteiger partial charge is 0.379 e. The Morgan fingerprint density at radius 3 is 2.54 bits per heavy atom. The zero-order chi connectivity index (χ0) is 25.7. The molecule has 0 spiro atoms. The first-order valence-electron chi connectivity index (χ1n) is 13.9. The number of rotatable bonds is 7. The number of hydrogen-bond acceptors (Lipinski definition) is 9. The summed E-state index contributed by atoms with van der Waals surface area (Å²) >= 11 is 0. The molecule has 0 amide bonds. The summed E-state index contributed by atoms with van der Waals surface area (Å²) in [6.45, 7) is 11.8. The molecule has 1 aliphatic carbocycles. The van der Waals surface area contributed by atoms with Crippen molar-refractivity contribution in [2.45, 2.75) is 89.4 Å². The average molecular weight is 508 g/mol. The van der Waals surface area contributed by atoms with Crippen LogP contribution in [0, 0.1) is 19.8 Å². The second-order valence-corrected chi connectivity index (χ2v) is 11.4. The molecule has 37 heavy (non-hydrogen) atoms. The van der Waals surface area contributed by atoms with Gasteiger partial charge in [0.1, 0.15) is 5.82 Å². The predicted octanol–water partition coefficient (Wildman–Crippen LogP) is 2.86. The van der Waals surface area contributed by atoms with Crippen molar-refractivity contribution in [1.29, 1.82) is 0 Å². The van der Waals surface area contributed by atoms with Gasteiger partial charge in [-0.1, -0.05) is 13.0 Å². The first-order valence-corrected chi connectivity index (χ1v) is 13.9. The van der Waals surface area contributed by atoms with E-state index in [9.17, 15) is 0 Å². The van der Waals surface area contributed by atoms with E-state index in [4.69, 9.17) is 14.5 Å². The predicted molar refractivity (Wildman–Crippen MR) is 142 cm³/mol. The Morgan fingerprint density at radius 2 is 1.86 bits per heavy atom. The second kappa shape index (κ2) is 10.2. The van der Waals surface area contributed by atoms with Crippen molar-refractivity contribution >= 4 is 5.82 Å². The fraction of sp³-hybridized carbons (Fsp3) is 0.679. The van der Waals surface area contributed by atoms with Crippen LogP contribution in [-0.4, -0.2) is 77.2 Å². The Morgan fingerprint density at radius 1 is 1.05 bits per heavy atom. The van der Waals surface area contributed by atoms with Crippen LogP contribution >= 0.6 is 0 Å². The standard InChI is InChI=1S/C28H41N7O2/c1-6-35-20-9-21(35)15-34(14-20)26-8-7-19(13-29-26)28-22-10-25(24(36-5)11-23(22)32-33-28)37-18(4)27-16(2)12-30-31-17(27)3/h7-8,12-13,18,20-25,28,32-33H,6,9-11,14-15H2,1-5H3/t18-,20?,21?,22?,23?,24?,25?,28?/m1/s1. The Labute approximate surface area is 220 Å². The van der Waals surface area contributed by atoms with Crippen LogP contribution in [0.15, 0.2) is 24.5 Å². The maximum atomic E-state index is 6.69. The highest BCUT2D eigenvalue weighted by atomic mass is 16.5. The van der Waals surface area contributed by atoms with Crippen LogP contribution in [0.2, 0.25) is 0 Å². The van der Waals surface area contributed by atoms with E-state index in [-0.39, 0.29) is 24.4 Å². The first kappa shape index (κ1) is 25.1. The molecule has 2 N–H and O–H groups in total. The molecule has 2 aromatic rings. The van der Waals surface area contributed by atoms with Crippen molar-refractivity contribution in [2.75, 3.05) is 31.6 Å². The van der Waals surface area contributed by atoms with E-state index >= 15 is 0 Å². The number of hydrazine groups is 1. The highest BCUT2D eigenvalue weighted by Crippen LogP contribution is 2.42. The summed E-state index contributed by atoms with van der Waals surface area (Å²) in [5.74, 6) is 1.50. The number of anilines is 1. The van der Waals surface area contributed by atoms with Crippen LogP contribution in [0.25, 0.3) is 0 Å². The molecule has 2 aromatic heterocycles. The maximum absolute atomic E-state index is 6.69. The summed E-state index contributed by atoms with van der Waals surface area (Å²) in [6, 6.07) is 6.39. The van der Waals surface area contributed by atoms with Gasteiger partial charge in [-0.25, -0.2) is 10.4 Å².